The van der Waals surface area contributed by atoms with Gasteiger partial charge in [-0.1, -0.05) is 48.0 Å². The molecule has 3 heteroatoms. The Hall–Kier alpha value is -1.80. The van der Waals surface area contributed by atoms with Gasteiger partial charge < -0.3 is 5.32 Å². The molecule has 2 rings (SSSR count). The molecule has 0 radical (unpaired) electrons. The monoisotopic (exact) mass is 287 g/mol. The van der Waals surface area contributed by atoms with Crippen LogP contribution in [0, 0.1) is 6.92 Å². The summed E-state index contributed by atoms with van der Waals surface area (Å²) in [6.45, 7) is 5.75. The predicted octanol–water partition coefficient (Wildman–Crippen LogP) is 4.56. The van der Waals surface area contributed by atoms with Crippen LogP contribution in [0.2, 0.25) is 5.02 Å². The van der Waals surface area contributed by atoms with Gasteiger partial charge >= 0.3 is 0 Å². The number of benzene rings is 2. The van der Waals surface area contributed by atoms with Crippen LogP contribution >= 0.6 is 11.6 Å². The second-order valence-corrected chi connectivity index (χ2v) is 5.82. The third-order valence-electron chi connectivity index (χ3n) is 3.49. The zero-order valence-corrected chi connectivity index (χ0v) is 12.7. The van der Waals surface area contributed by atoms with Crippen LogP contribution in [0.15, 0.2) is 48.5 Å². The Morgan fingerprint density at radius 1 is 1.10 bits per heavy atom. The molecule has 104 valence electrons. The maximum atomic E-state index is 12.5. The standard InChI is InChI=1S/C17H18ClNO/c1-12-9-10-14(11-15(12)18)19-16(20)17(2,3)13-7-5-4-6-8-13/h4-11H,1-3H3,(H,19,20). The number of hydrogen-bond acceptors (Lipinski definition) is 1. The van der Waals surface area contributed by atoms with Crippen molar-refractivity contribution in [2.24, 2.45) is 0 Å². The van der Waals surface area contributed by atoms with E-state index in [9.17, 15) is 4.79 Å². The van der Waals surface area contributed by atoms with E-state index in [2.05, 4.69) is 5.32 Å². The van der Waals surface area contributed by atoms with Gasteiger partial charge in [0, 0.05) is 10.7 Å². The number of nitrogens with one attached hydrogen (secondary N) is 1. The third-order valence-corrected chi connectivity index (χ3v) is 3.90. The molecule has 20 heavy (non-hydrogen) atoms. The lowest BCUT2D eigenvalue weighted by Crippen LogP contribution is -2.34. The topological polar surface area (TPSA) is 29.1 Å². The number of aryl methyl sites for hydroxylation is 1. The van der Waals surface area contributed by atoms with E-state index in [1.807, 2.05) is 63.2 Å². The predicted molar refractivity (Wildman–Crippen MR) is 84.3 cm³/mol. The van der Waals surface area contributed by atoms with Gasteiger partial charge in [0.15, 0.2) is 0 Å². The Bertz CT molecular complexity index is 620. The SMILES string of the molecule is Cc1ccc(NC(=O)C(C)(C)c2ccccc2)cc1Cl. The minimum Gasteiger partial charge on any atom is -0.325 e. The van der Waals surface area contributed by atoms with Gasteiger partial charge in [0.1, 0.15) is 0 Å². The maximum Gasteiger partial charge on any atom is 0.234 e. The molecule has 0 saturated heterocycles. The summed E-state index contributed by atoms with van der Waals surface area (Å²) in [4.78, 5) is 12.5. The molecule has 2 nitrogen and oxygen atoms in total. The Kier molecular flexibility index (Phi) is 4.15. The van der Waals surface area contributed by atoms with Crippen LogP contribution in [0.1, 0.15) is 25.0 Å². The van der Waals surface area contributed by atoms with Crippen molar-refractivity contribution in [3.05, 3.63) is 64.7 Å². The Labute approximate surface area is 124 Å². The van der Waals surface area contributed by atoms with Gasteiger partial charge in [-0.25, -0.2) is 0 Å². The lowest BCUT2D eigenvalue weighted by atomic mass is 9.83. The average molecular weight is 288 g/mol. The molecule has 0 aliphatic carbocycles. The van der Waals surface area contributed by atoms with Gasteiger partial charge in [0.2, 0.25) is 5.91 Å². The third kappa shape index (κ3) is 3.02. The first-order chi connectivity index (χ1) is 9.41. The van der Waals surface area contributed by atoms with Gasteiger partial charge in [-0.3, -0.25) is 4.79 Å². The Balaban J connectivity index is 2.21. The Morgan fingerprint density at radius 2 is 1.75 bits per heavy atom. The van der Waals surface area contributed by atoms with Gasteiger partial charge in [-0.15, -0.1) is 0 Å². The first kappa shape index (κ1) is 14.6. The molecule has 0 atom stereocenters. The molecule has 1 amide bonds. The lowest BCUT2D eigenvalue weighted by Gasteiger charge is -2.24. The van der Waals surface area contributed by atoms with E-state index in [1.54, 1.807) is 6.07 Å². The molecule has 0 bridgehead atoms. The average Bonchev–Trinajstić information content (AvgIpc) is 2.44. The van der Waals surface area contributed by atoms with Crippen LogP contribution in [-0.2, 0) is 10.2 Å². The molecular weight excluding hydrogens is 270 g/mol. The van der Waals surface area contributed by atoms with Crippen molar-refractivity contribution < 1.29 is 4.79 Å². The van der Waals surface area contributed by atoms with E-state index in [1.165, 1.54) is 0 Å². The summed E-state index contributed by atoms with van der Waals surface area (Å²) in [5.74, 6) is -0.0522. The largest absolute Gasteiger partial charge is 0.325 e. The lowest BCUT2D eigenvalue weighted by molar-refractivity contribution is -0.120. The zero-order chi connectivity index (χ0) is 14.8. The van der Waals surface area contributed by atoms with Crippen LogP contribution in [0.5, 0.6) is 0 Å². The molecule has 0 aromatic heterocycles. The molecular formula is C17H18ClNO. The number of anilines is 1. The van der Waals surface area contributed by atoms with E-state index in [-0.39, 0.29) is 5.91 Å². The van der Waals surface area contributed by atoms with Crippen molar-refractivity contribution in [2.45, 2.75) is 26.2 Å². The minimum atomic E-state index is -0.599. The van der Waals surface area contributed by atoms with Gasteiger partial charge in [-0.2, -0.15) is 0 Å². The van der Waals surface area contributed by atoms with Crippen molar-refractivity contribution in [3.8, 4) is 0 Å². The normalized spacial score (nSPS) is 11.2. The highest BCUT2D eigenvalue weighted by Gasteiger charge is 2.29. The summed E-state index contributed by atoms with van der Waals surface area (Å²) in [7, 11) is 0. The van der Waals surface area contributed by atoms with E-state index in [0.717, 1.165) is 16.8 Å². The highest BCUT2D eigenvalue weighted by Crippen LogP contribution is 2.26. The second kappa shape index (κ2) is 5.68. The first-order valence-electron chi connectivity index (χ1n) is 6.54. The van der Waals surface area contributed by atoms with Crippen molar-refractivity contribution in [3.63, 3.8) is 0 Å². The number of hydrogen-bond donors (Lipinski definition) is 1. The number of carbonyl (C=O) groups is 1. The van der Waals surface area contributed by atoms with Crippen LogP contribution in [0.25, 0.3) is 0 Å². The van der Waals surface area contributed by atoms with Crippen molar-refractivity contribution in [2.75, 3.05) is 5.32 Å². The highest BCUT2D eigenvalue weighted by atomic mass is 35.5. The summed E-state index contributed by atoms with van der Waals surface area (Å²) in [6, 6.07) is 15.3. The highest BCUT2D eigenvalue weighted by molar-refractivity contribution is 6.31. The number of amides is 1. The quantitative estimate of drug-likeness (QED) is 0.880. The molecule has 0 aliphatic rings. The van der Waals surface area contributed by atoms with Crippen molar-refractivity contribution >= 4 is 23.2 Å². The van der Waals surface area contributed by atoms with Crippen molar-refractivity contribution in [1.82, 2.24) is 0 Å². The van der Waals surface area contributed by atoms with Gasteiger partial charge in [0.05, 0.1) is 5.41 Å². The first-order valence-corrected chi connectivity index (χ1v) is 6.92. The second-order valence-electron chi connectivity index (χ2n) is 5.41. The number of carbonyl (C=O) groups excluding carboxylic acids is 1. The van der Waals surface area contributed by atoms with Crippen molar-refractivity contribution in [1.29, 1.82) is 0 Å². The smallest absolute Gasteiger partial charge is 0.234 e. The zero-order valence-electron chi connectivity index (χ0n) is 11.9. The van der Waals surface area contributed by atoms with E-state index in [4.69, 9.17) is 11.6 Å². The molecule has 0 aliphatic heterocycles. The summed E-state index contributed by atoms with van der Waals surface area (Å²) in [6.07, 6.45) is 0. The number of rotatable bonds is 3. The molecule has 1 N–H and O–H groups in total. The fourth-order valence-electron chi connectivity index (χ4n) is 1.94. The van der Waals surface area contributed by atoms with Crippen LogP contribution in [-0.4, -0.2) is 5.91 Å². The van der Waals surface area contributed by atoms with E-state index >= 15 is 0 Å². The fraction of sp³-hybridized carbons (Fsp3) is 0.235. The van der Waals surface area contributed by atoms with Gasteiger partial charge in [0.25, 0.3) is 0 Å². The van der Waals surface area contributed by atoms with Gasteiger partial charge in [-0.05, 0) is 44.0 Å². The van der Waals surface area contributed by atoms with Crippen LogP contribution in [0.4, 0.5) is 5.69 Å². The summed E-state index contributed by atoms with van der Waals surface area (Å²) in [5.41, 5.74) is 2.09. The molecule has 0 unspecified atom stereocenters. The minimum absolute atomic E-state index is 0.0522. The molecule has 2 aromatic carbocycles. The summed E-state index contributed by atoms with van der Waals surface area (Å²) >= 11 is 6.08. The van der Waals surface area contributed by atoms with Crippen LogP contribution < -0.4 is 5.32 Å². The molecule has 2 aromatic rings. The molecule has 0 fully saturated rings. The Morgan fingerprint density at radius 3 is 2.35 bits per heavy atom. The fourth-order valence-corrected chi connectivity index (χ4v) is 2.12. The number of halogens is 1. The van der Waals surface area contributed by atoms with E-state index in [0.29, 0.717) is 5.02 Å². The summed E-state index contributed by atoms with van der Waals surface area (Å²) in [5, 5.41) is 3.58. The molecule has 0 spiro atoms. The summed E-state index contributed by atoms with van der Waals surface area (Å²) < 4.78 is 0. The molecule has 0 saturated carbocycles. The van der Waals surface area contributed by atoms with E-state index < -0.39 is 5.41 Å². The maximum absolute atomic E-state index is 12.5. The van der Waals surface area contributed by atoms with Crippen LogP contribution in [0.3, 0.4) is 0 Å². The molecule has 0 heterocycles.